The van der Waals surface area contributed by atoms with Crippen LogP contribution < -0.4 is 10.1 Å². The molecule has 10 nitrogen and oxygen atoms in total. The van der Waals surface area contributed by atoms with Crippen LogP contribution in [0.5, 0.6) is 5.75 Å². The third-order valence-corrected chi connectivity index (χ3v) is 5.08. The van der Waals surface area contributed by atoms with Crippen LogP contribution in [0.3, 0.4) is 0 Å². The zero-order valence-corrected chi connectivity index (χ0v) is 16.9. The van der Waals surface area contributed by atoms with E-state index in [0.29, 0.717) is 19.6 Å². The number of benzene rings is 1. The number of carboxylic acids is 1. The number of piperidine rings is 1. The lowest BCUT2D eigenvalue weighted by Crippen LogP contribution is -2.54. The molecule has 2 N–H and O–H groups in total. The number of imide groups is 2. The molecule has 2 aliphatic heterocycles. The molecule has 1 aromatic rings. The standard InChI is InChI=1S/C21H24N2O8/c24-16-8-7-14(19(27)22-16)23-20(28)13-5-4-6-15(18(13)21(23)29)31-11-3-1-2-10-30-12-9-17(25)26/h4-6,14H,1-3,7-12H2,(H,25,26)(H,22,24,27). The predicted octanol–water partition coefficient (Wildman–Crippen LogP) is 1.13. The van der Waals surface area contributed by atoms with E-state index in [1.807, 2.05) is 0 Å². The number of unbranched alkanes of at least 4 members (excludes halogenated alkanes) is 2. The van der Waals surface area contributed by atoms with Gasteiger partial charge < -0.3 is 14.6 Å². The van der Waals surface area contributed by atoms with Gasteiger partial charge in [0, 0.05) is 13.0 Å². The Morgan fingerprint density at radius 1 is 1.06 bits per heavy atom. The van der Waals surface area contributed by atoms with Crippen molar-refractivity contribution in [2.45, 2.75) is 44.6 Å². The third kappa shape index (κ3) is 5.26. The molecule has 0 radical (unpaired) electrons. The molecule has 1 atom stereocenters. The van der Waals surface area contributed by atoms with E-state index >= 15 is 0 Å². The number of carboxylic acid groups (broad SMARTS) is 1. The van der Waals surface area contributed by atoms with Gasteiger partial charge in [0.2, 0.25) is 11.8 Å². The molecule has 1 unspecified atom stereocenters. The van der Waals surface area contributed by atoms with Crippen LogP contribution in [0.15, 0.2) is 18.2 Å². The molecular formula is C21H24N2O8. The maximum absolute atomic E-state index is 12.9. The Hall–Kier alpha value is -3.27. The average Bonchev–Trinajstić information content (AvgIpc) is 2.98. The van der Waals surface area contributed by atoms with Crippen LogP contribution in [0.25, 0.3) is 0 Å². The van der Waals surface area contributed by atoms with E-state index in [0.717, 1.165) is 17.7 Å². The lowest BCUT2D eigenvalue weighted by Gasteiger charge is -2.27. The van der Waals surface area contributed by atoms with Gasteiger partial charge in [-0.1, -0.05) is 6.07 Å². The Morgan fingerprint density at radius 3 is 2.58 bits per heavy atom. The highest BCUT2D eigenvalue weighted by atomic mass is 16.5. The van der Waals surface area contributed by atoms with Gasteiger partial charge in [0.1, 0.15) is 11.8 Å². The molecule has 0 spiro atoms. The number of carbonyl (C=O) groups is 5. The number of fused-ring (bicyclic) bond motifs is 1. The van der Waals surface area contributed by atoms with Crippen LogP contribution in [-0.4, -0.2) is 65.5 Å². The largest absolute Gasteiger partial charge is 0.493 e. The van der Waals surface area contributed by atoms with Gasteiger partial charge in [-0.15, -0.1) is 0 Å². The fourth-order valence-corrected chi connectivity index (χ4v) is 3.53. The fourth-order valence-electron chi connectivity index (χ4n) is 3.53. The number of aliphatic carboxylic acids is 1. The first-order chi connectivity index (χ1) is 14.9. The summed E-state index contributed by atoms with van der Waals surface area (Å²) in [5.74, 6) is -2.86. The minimum absolute atomic E-state index is 0.0230. The highest BCUT2D eigenvalue weighted by Gasteiger charge is 2.45. The Balaban J connectivity index is 1.53. The molecule has 10 heteroatoms. The van der Waals surface area contributed by atoms with Crippen LogP contribution in [0, 0.1) is 0 Å². The maximum atomic E-state index is 12.9. The molecule has 3 rings (SSSR count). The Bertz CT molecular complexity index is 897. The van der Waals surface area contributed by atoms with Crippen molar-refractivity contribution in [1.29, 1.82) is 0 Å². The topological polar surface area (TPSA) is 139 Å². The van der Waals surface area contributed by atoms with Gasteiger partial charge in [0.15, 0.2) is 0 Å². The first kappa shape index (κ1) is 22.4. The van der Waals surface area contributed by atoms with Crippen molar-refractivity contribution < 1.29 is 38.6 Å². The molecular weight excluding hydrogens is 408 g/mol. The molecule has 1 fully saturated rings. The first-order valence-electron chi connectivity index (χ1n) is 10.2. The van der Waals surface area contributed by atoms with Crippen LogP contribution in [0.1, 0.15) is 59.2 Å². The number of hydrogen-bond donors (Lipinski definition) is 2. The Morgan fingerprint density at radius 2 is 1.84 bits per heavy atom. The Labute approximate surface area is 178 Å². The highest BCUT2D eigenvalue weighted by molar-refractivity contribution is 6.24. The van der Waals surface area contributed by atoms with E-state index in [9.17, 15) is 24.0 Å². The van der Waals surface area contributed by atoms with Crippen molar-refractivity contribution in [2.75, 3.05) is 19.8 Å². The number of ether oxygens (including phenoxy) is 2. The van der Waals surface area contributed by atoms with E-state index in [-0.39, 0.29) is 42.7 Å². The summed E-state index contributed by atoms with van der Waals surface area (Å²) in [5.41, 5.74) is 0.313. The zero-order valence-electron chi connectivity index (χ0n) is 16.9. The van der Waals surface area contributed by atoms with Crippen molar-refractivity contribution in [3.8, 4) is 5.75 Å². The van der Waals surface area contributed by atoms with Crippen molar-refractivity contribution in [3.63, 3.8) is 0 Å². The molecule has 31 heavy (non-hydrogen) atoms. The van der Waals surface area contributed by atoms with E-state index in [1.165, 1.54) is 6.07 Å². The summed E-state index contributed by atoms with van der Waals surface area (Å²) in [7, 11) is 0. The number of rotatable bonds is 11. The summed E-state index contributed by atoms with van der Waals surface area (Å²) in [6, 6.07) is 3.72. The summed E-state index contributed by atoms with van der Waals surface area (Å²) in [5, 5.41) is 10.7. The van der Waals surface area contributed by atoms with Crippen molar-refractivity contribution in [2.24, 2.45) is 0 Å². The van der Waals surface area contributed by atoms with Gasteiger partial charge in [0.05, 0.1) is 30.8 Å². The molecule has 1 saturated heterocycles. The van der Waals surface area contributed by atoms with Gasteiger partial charge >= 0.3 is 5.97 Å². The molecule has 166 valence electrons. The van der Waals surface area contributed by atoms with Crippen molar-refractivity contribution >= 4 is 29.6 Å². The lowest BCUT2D eigenvalue weighted by molar-refractivity contribution is -0.138. The minimum Gasteiger partial charge on any atom is -0.493 e. The zero-order chi connectivity index (χ0) is 22.4. The molecule has 2 aliphatic rings. The van der Waals surface area contributed by atoms with Crippen LogP contribution in [-0.2, 0) is 19.1 Å². The molecule has 0 saturated carbocycles. The monoisotopic (exact) mass is 432 g/mol. The fraction of sp³-hybridized carbons (Fsp3) is 0.476. The Kier molecular flexibility index (Phi) is 7.35. The number of hydrogen-bond acceptors (Lipinski definition) is 7. The lowest BCUT2D eigenvalue weighted by atomic mass is 10.0. The smallest absolute Gasteiger partial charge is 0.305 e. The second-order valence-electron chi connectivity index (χ2n) is 7.29. The van der Waals surface area contributed by atoms with E-state index < -0.39 is 35.6 Å². The second-order valence-corrected chi connectivity index (χ2v) is 7.29. The SMILES string of the molecule is O=C(O)CCOCCCCCOc1cccc2c1C(=O)N(C1CCC(=O)NC1=O)C2=O. The summed E-state index contributed by atoms with van der Waals surface area (Å²) < 4.78 is 11.0. The number of amides is 4. The highest BCUT2D eigenvalue weighted by Crippen LogP contribution is 2.33. The molecule has 4 amide bonds. The first-order valence-corrected chi connectivity index (χ1v) is 10.2. The number of carbonyl (C=O) groups excluding carboxylic acids is 4. The molecule has 1 aromatic carbocycles. The summed E-state index contributed by atoms with van der Waals surface area (Å²) >= 11 is 0. The van der Waals surface area contributed by atoms with Crippen LogP contribution in [0.2, 0.25) is 0 Å². The molecule has 2 heterocycles. The molecule has 0 bridgehead atoms. The predicted molar refractivity (Wildman–Crippen MR) is 106 cm³/mol. The summed E-state index contributed by atoms with van der Waals surface area (Å²) in [4.78, 5) is 60.5. The minimum atomic E-state index is -1.01. The quantitative estimate of drug-likeness (QED) is 0.392. The van der Waals surface area contributed by atoms with Gasteiger partial charge in [-0.05, 0) is 37.8 Å². The van der Waals surface area contributed by atoms with Crippen LogP contribution >= 0.6 is 0 Å². The van der Waals surface area contributed by atoms with Crippen LogP contribution in [0.4, 0.5) is 0 Å². The normalized spacial score (nSPS) is 18.2. The molecule has 0 aromatic heterocycles. The third-order valence-electron chi connectivity index (χ3n) is 5.08. The number of nitrogens with zero attached hydrogens (tertiary/aromatic N) is 1. The van der Waals surface area contributed by atoms with E-state index in [2.05, 4.69) is 5.32 Å². The average molecular weight is 432 g/mol. The van der Waals surface area contributed by atoms with Gasteiger partial charge in [0.25, 0.3) is 11.8 Å². The second kappa shape index (κ2) is 10.2. The summed E-state index contributed by atoms with van der Waals surface area (Å²) in [6.07, 6.45) is 2.36. The van der Waals surface area contributed by atoms with E-state index in [1.54, 1.807) is 12.1 Å². The van der Waals surface area contributed by atoms with Gasteiger partial charge in [-0.25, -0.2) is 0 Å². The van der Waals surface area contributed by atoms with Crippen molar-refractivity contribution in [1.82, 2.24) is 10.2 Å². The van der Waals surface area contributed by atoms with Crippen molar-refractivity contribution in [3.05, 3.63) is 29.3 Å². The van der Waals surface area contributed by atoms with Gasteiger partial charge in [-0.3, -0.25) is 34.2 Å². The summed E-state index contributed by atoms with van der Waals surface area (Å²) in [6.45, 7) is 0.967. The number of nitrogens with one attached hydrogen (secondary N) is 1. The molecule has 0 aliphatic carbocycles. The van der Waals surface area contributed by atoms with Gasteiger partial charge in [-0.2, -0.15) is 0 Å². The van der Waals surface area contributed by atoms with E-state index in [4.69, 9.17) is 14.6 Å². The maximum Gasteiger partial charge on any atom is 0.305 e.